The third-order valence-corrected chi connectivity index (χ3v) is 5.63. The van der Waals surface area contributed by atoms with Gasteiger partial charge < -0.3 is 0 Å². The first-order valence-corrected chi connectivity index (χ1v) is 7.40. The van der Waals surface area contributed by atoms with Gasteiger partial charge in [-0.2, -0.15) is 5.26 Å². The van der Waals surface area contributed by atoms with Crippen LogP contribution >= 0.6 is 11.3 Å². The lowest BCUT2D eigenvalue weighted by atomic mass is 10.2. The van der Waals surface area contributed by atoms with Crippen molar-refractivity contribution in [1.82, 2.24) is 0 Å². The Hall–Kier alpha value is -1.84. The van der Waals surface area contributed by atoms with Gasteiger partial charge in [0.05, 0.1) is 17.3 Å². The van der Waals surface area contributed by atoms with E-state index < -0.39 is 10.0 Å². The minimum absolute atomic E-state index is 0.300. The van der Waals surface area contributed by atoms with Crippen LogP contribution in [-0.4, -0.2) is 15.5 Å². The molecular weight excluding hydrogens is 268 g/mol. The molecule has 0 saturated carbocycles. The van der Waals surface area contributed by atoms with Crippen LogP contribution in [-0.2, 0) is 10.0 Å². The molecule has 0 spiro atoms. The summed E-state index contributed by atoms with van der Waals surface area (Å²) < 4.78 is 25.9. The van der Waals surface area contributed by atoms with Gasteiger partial charge in [-0.3, -0.25) is 4.31 Å². The molecule has 0 fully saturated rings. The van der Waals surface area contributed by atoms with E-state index in [1.807, 2.05) is 6.07 Å². The van der Waals surface area contributed by atoms with Gasteiger partial charge in [0.2, 0.25) is 0 Å². The summed E-state index contributed by atoms with van der Waals surface area (Å²) in [4.78, 5) is 0. The van der Waals surface area contributed by atoms with Gasteiger partial charge in [-0.25, -0.2) is 8.42 Å². The highest BCUT2D eigenvalue weighted by Crippen LogP contribution is 2.25. The van der Waals surface area contributed by atoms with Gasteiger partial charge in [-0.15, -0.1) is 11.3 Å². The minimum atomic E-state index is -3.50. The molecule has 0 amide bonds. The van der Waals surface area contributed by atoms with Crippen LogP contribution in [0, 0.1) is 11.3 Å². The molecule has 18 heavy (non-hydrogen) atoms. The van der Waals surface area contributed by atoms with Crippen LogP contribution in [0.5, 0.6) is 0 Å². The number of rotatable bonds is 3. The number of nitriles is 1. The molecule has 0 N–H and O–H groups in total. The molecule has 4 nitrogen and oxygen atoms in total. The summed E-state index contributed by atoms with van der Waals surface area (Å²) in [5.74, 6) is 0. The zero-order chi connectivity index (χ0) is 13.2. The van der Waals surface area contributed by atoms with Gasteiger partial charge >= 0.3 is 0 Å². The van der Waals surface area contributed by atoms with Crippen LogP contribution in [0.2, 0.25) is 0 Å². The van der Waals surface area contributed by atoms with Crippen LogP contribution in [0.4, 0.5) is 5.69 Å². The van der Waals surface area contributed by atoms with Crippen molar-refractivity contribution in [3.63, 3.8) is 0 Å². The summed E-state index contributed by atoms with van der Waals surface area (Å²) in [5.41, 5.74) is 1.03. The fourth-order valence-corrected chi connectivity index (χ4v) is 3.79. The number of hydrogen-bond acceptors (Lipinski definition) is 4. The van der Waals surface area contributed by atoms with Crippen molar-refractivity contribution in [2.24, 2.45) is 0 Å². The molecule has 1 aromatic carbocycles. The number of sulfonamides is 1. The highest BCUT2D eigenvalue weighted by atomic mass is 32.2. The molecule has 0 unspecified atom stereocenters. The van der Waals surface area contributed by atoms with Crippen molar-refractivity contribution in [2.45, 2.75) is 4.21 Å². The van der Waals surface area contributed by atoms with Crippen molar-refractivity contribution in [2.75, 3.05) is 11.4 Å². The number of nitrogens with zero attached hydrogens (tertiary/aromatic N) is 2. The second-order valence-corrected chi connectivity index (χ2v) is 6.71. The van der Waals surface area contributed by atoms with E-state index in [0.29, 0.717) is 15.5 Å². The normalized spacial score (nSPS) is 10.9. The third kappa shape index (κ3) is 2.23. The zero-order valence-corrected chi connectivity index (χ0v) is 11.2. The largest absolute Gasteiger partial charge is 0.273 e. The van der Waals surface area contributed by atoms with Crippen molar-refractivity contribution < 1.29 is 8.42 Å². The van der Waals surface area contributed by atoms with Gasteiger partial charge in [0.1, 0.15) is 4.21 Å². The first-order valence-electron chi connectivity index (χ1n) is 5.08. The van der Waals surface area contributed by atoms with E-state index in [1.165, 1.54) is 22.7 Å². The van der Waals surface area contributed by atoms with Crippen molar-refractivity contribution in [3.8, 4) is 6.07 Å². The molecular formula is C12H10N2O2S2. The molecule has 0 saturated heterocycles. The summed E-state index contributed by atoms with van der Waals surface area (Å²) in [7, 11) is -2.00. The average Bonchev–Trinajstić information content (AvgIpc) is 2.92. The number of hydrogen-bond donors (Lipinski definition) is 0. The Kier molecular flexibility index (Phi) is 3.36. The van der Waals surface area contributed by atoms with E-state index in [1.54, 1.807) is 41.8 Å². The van der Waals surface area contributed by atoms with Crippen LogP contribution in [0.3, 0.4) is 0 Å². The summed E-state index contributed by atoms with van der Waals surface area (Å²) in [6, 6.07) is 11.7. The topological polar surface area (TPSA) is 61.2 Å². The smallest absolute Gasteiger partial charge is 0.269 e. The van der Waals surface area contributed by atoms with E-state index in [0.717, 1.165) is 0 Å². The second kappa shape index (κ2) is 4.80. The molecule has 1 aromatic heterocycles. The van der Waals surface area contributed by atoms with Crippen molar-refractivity contribution in [3.05, 3.63) is 47.3 Å². The molecule has 0 atom stereocenters. The highest BCUT2D eigenvalue weighted by Gasteiger charge is 2.21. The quantitative estimate of drug-likeness (QED) is 0.866. The Bertz CT molecular complexity index is 668. The summed E-state index contributed by atoms with van der Waals surface area (Å²) in [6.07, 6.45) is 0. The van der Waals surface area contributed by atoms with E-state index in [4.69, 9.17) is 5.26 Å². The average molecular weight is 278 g/mol. The molecule has 0 aliphatic rings. The van der Waals surface area contributed by atoms with Crippen LogP contribution in [0.15, 0.2) is 46.0 Å². The Morgan fingerprint density at radius 2 is 1.89 bits per heavy atom. The van der Waals surface area contributed by atoms with Crippen LogP contribution in [0.1, 0.15) is 5.56 Å². The first kappa shape index (κ1) is 12.6. The van der Waals surface area contributed by atoms with Crippen LogP contribution in [0.25, 0.3) is 0 Å². The summed E-state index contributed by atoms with van der Waals surface area (Å²) in [6.45, 7) is 0. The van der Waals surface area contributed by atoms with E-state index >= 15 is 0 Å². The molecule has 0 aliphatic heterocycles. The van der Waals surface area contributed by atoms with Crippen molar-refractivity contribution in [1.29, 1.82) is 5.26 Å². The summed E-state index contributed by atoms with van der Waals surface area (Å²) in [5, 5.41) is 10.4. The molecule has 6 heteroatoms. The molecule has 2 rings (SSSR count). The Balaban J connectivity index is 2.37. The minimum Gasteiger partial charge on any atom is -0.269 e. The zero-order valence-electron chi connectivity index (χ0n) is 9.57. The maximum atomic E-state index is 12.2. The van der Waals surface area contributed by atoms with Gasteiger partial charge in [-0.05, 0) is 35.7 Å². The monoisotopic (exact) mass is 278 g/mol. The Morgan fingerprint density at radius 3 is 2.39 bits per heavy atom. The fourth-order valence-electron chi connectivity index (χ4n) is 1.43. The second-order valence-electron chi connectivity index (χ2n) is 3.56. The van der Waals surface area contributed by atoms with Gasteiger partial charge in [0.15, 0.2) is 0 Å². The highest BCUT2D eigenvalue weighted by molar-refractivity contribution is 7.94. The predicted molar refractivity (Wildman–Crippen MR) is 71.1 cm³/mol. The van der Waals surface area contributed by atoms with E-state index in [-0.39, 0.29) is 0 Å². The molecule has 92 valence electrons. The molecule has 0 aliphatic carbocycles. The van der Waals surface area contributed by atoms with Gasteiger partial charge in [-0.1, -0.05) is 6.07 Å². The van der Waals surface area contributed by atoms with Gasteiger partial charge in [0, 0.05) is 7.05 Å². The van der Waals surface area contributed by atoms with Gasteiger partial charge in [0.25, 0.3) is 10.0 Å². The fraction of sp³-hybridized carbons (Fsp3) is 0.0833. The maximum Gasteiger partial charge on any atom is 0.273 e. The lowest BCUT2D eigenvalue weighted by molar-refractivity contribution is 0.596. The first-order chi connectivity index (χ1) is 8.55. The number of anilines is 1. The SMILES string of the molecule is CN(c1ccc(C#N)cc1)S(=O)(=O)c1cccs1. The lowest BCUT2D eigenvalue weighted by Gasteiger charge is -2.18. The predicted octanol–water partition coefficient (Wildman–Crippen LogP) is 2.44. The molecule has 0 bridgehead atoms. The molecule has 1 heterocycles. The molecule has 2 aromatic rings. The summed E-state index contributed by atoms with van der Waals surface area (Å²) >= 11 is 1.18. The maximum absolute atomic E-state index is 12.2. The van der Waals surface area contributed by atoms with Crippen molar-refractivity contribution >= 4 is 27.0 Å². The third-order valence-electron chi connectivity index (χ3n) is 2.47. The Labute approximate surface area is 110 Å². The van der Waals surface area contributed by atoms with Crippen LogP contribution < -0.4 is 4.31 Å². The Morgan fingerprint density at radius 1 is 1.22 bits per heavy atom. The number of benzene rings is 1. The van der Waals surface area contributed by atoms with E-state index in [2.05, 4.69) is 0 Å². The number of thiophene rings is 1. The standard InChI is InChI=1S/C12H10N2O2S2/c1-14(11-6-4-10(9-13)5-7-11)18(15,16)12-3-2-8-17-12/h2-8H,1H3. The lowest BCUT2D eigenvalue weighted by Crippen LogP contribution is -2.25. The van der Waals surface area contributed by atoms with E-state index in [9.17, 15) is 8.42 Å². The molecule has 0 radical (unpaired) electrons.